The molecule has 0 aromatic rings. The van der Waals surface area contributed by atoms with Gasteiger partial charge in [-0.2, -0.15) is 0 Å². The van der Waals surface area contributed by atoms with Crippen LogP contribution in [0.2, 0.25) is 0 Å². The molecule has 0 saturated heterocycles. The SMILES string of the molecule is CC(=O)CC[C@@H](C)[C@H]1CC[C@H]2[C@@H]3CC[C@H]4CCCC[C@]4(C)[C@H]3CC[C@]12C. The van der Waals surface area contributed by atoms with Crippen molar-refractivity contribution in [1.29, 1.82) is 0 Å². The van der Waals surface area contributed by atoms with Crippen molar-refractivity contribution in [3.8, 4) is 0 Å². The minimum atomic E-state index is 0.379. The molecule has 0 unspecified atom stereocenters. The smallest absolute Gasteiger partial charge is 0.129 e. The Labute approximate surface area is 162 Å². The Morgan fingerprint density at radius 1 is 0.923 bits per heavy atom. The second kappa shape index (κ2) is 6.93. The van der Waals surface area contributed by atoms with E-state index in [2.05, 4.69) is 20.8 Å². The Bertz CT molecular complexity index is 538. The van der Waals surface area contributed by atoms with Gasteiger partial charge < -0.3 is 4.79 Å². The molecule has 0 bridgehead atoms. The molecule has 4 aliphatic carbocycles. The molecule has 4 fully saturated rings. The van der Waals surface area contributed by atoms with Gasteiger partial charge in [0, 0.05) is 6.42 Å². The summed E-state index contributed by atoms with van der Waals surface area (Å²) in [4.78, 5) is 11.5. The Kier molecular flexibility index (Phi) is 5.06. The van der Waals surface area contributed by atoms with E-state index < -0.39 is 0 Å². The lowest BCUT2D eigenvalue weighted by molar-refractivity contribution is -0.119. The third-order valence-electron chi connectivity index (χ3n) is 10.3. The number of hydrogen-bond acceptors (Lipinski definition) is 1. The van der Waals surface area contributed by atoms with E-state index in [0.29, 0.717) is 16.6 Å². The standard InChI is InChI=1S/C25H42O/c1-17(8-9-18(2)26)21-12-13-22-20-11-10-19-7-5-6-15-24(19,3)23(20)14-16-25(21,22)4/h17,19-23H,5-16H2,1-4H3/t17-,19-,20+,21-,22+,23+,24+,25-/m1/s1. The largest absolute Gasteiger partial charge is 0.300 e. The van der Waals surface area contributed by atoms with Crippen LogP contribution < -0.4 is 0 Å². The van der Waals surface area contributed by atoms with E-state index in [0.717, 1.165) is 48.3 Å². The summed E-state index contributed by atoms with van der Waals surface area (Å²) in [6, 6.07) is 0. The van der Waals surface area contributed by atoms with Gasteiger partial charge in [-0.15, -0.1) is 0 Å². The van der Waals surface area contributed by atoms with Crippen LogP contribution in [-0.2, 0) is 4.79 Å². The predicted molar refractivity (Wildman–Crippen MR) is 109 cm³/mol. The third kappa shape index (κ3) is 2.91. The molecule has 0 aromatic heterocycles. The van der Waals surface area contributed by atoms with Gasteiger partial charge in [0.2, 0.25) is 0 Å². The Morgan fingerprint density at radius 2 is 1.69 bits per heavy atom. The topological polar surface area (TPSA) is 17.1 Å². The lowest BCUT2D eigenvalue weighted by atomic mass is 9.44. The number of carbonyl (C=O) groups is 1. The van der Waals surface area contributed by atoms with Crippen molar-refractivity contribution in [1.82, 2.24) is 0 Å². The summed E-state index contributed by atoms with van der Waals surface area (Å²) in [5, 5.41) is 0. The maximum Gasteiger partial charge on any atom is 0.129 e. The van der Waals surface area contributed by atoms with E-state index in [1.807, 2.05) is 0 Å². The molecule has 1 nitrogen and oxygen atoms in total. The number of carbonyl (C=O) groups excluding carboxylic acids is 1. The first kappa shape index (κ1) is 19.0. The van der Waals surface area contributed by atoms with Crippen LogP contribution in [0.5, 0.6) is 0 Å². The summed E-state index contributed by atoms with van der Waals surface area (Å²) in [6.45, 7) is 9.57. The maximum absolute atomic E-state index is 11.5. The van der Waals surface area contributed by atoms with Crippen molar-refractivity contribution in [3.05, 3.63) is 0 Å². The van der Waals surface area contributed by atoms with Crippen LogP contribution in [-0.4, -0.2) is 5.78 Å². The summed E-state index contributed by atoms with van der Waals surface area (Å²) >= 11 is 0. The Morgan fingerprint density at radius 3 is 2.46 bits per heavy atom. The minimum Gasteiger partial charge on any atom is -0.300 e. The molecule has 0 aliphatic heterocycles. The van der Waals surface area contributed by atoms with Gasteiger partial charge in [0.15, 0.2) is 0 Å². The highest BCUT2D eigenvalue weighted by Gasteiger charge is 2.59. The van der Waals surface area contributed by atoms with E-state index in [-0.39, 0.29) is 0 Å². The number of ketones is 1. The summed E-state index contributed by atoms with van der Waals surface area (Å²) < 4.78 is 0. The van der Waals surface area contributed by atoms with Gasteiger partial charge in [-0.05, 0) is 111 Å². The molecular weight excluding hydrogens is 316 g/mol. The molecule has 0 N–H and O–H groups in total. The fourth-order valence-electron chi connectivity index (χ4n) is 8.90. The number of rotatable bonds is 4. The van der Waals surface area contributed by atoms with Gasteiger partial charge in [0.25, 0.3) is 0 Å². The van der Waals surface area contributed by atoms with Crippen LogP contribution in [0.1, 0.15) is 105 Å². The summed E-state index contributed by atoms with van der Waals surface area (Å²) in [5.74, 6) is 6.02. The summed E-state index contributed by atoms with van der Waals surface area (Å²) in [6.07, 6.45) is 16.9. The molecule has 1 heteroatoms. The highest BCUT2D eigenvalue weighted by atomic mass is 16.1. The molecule has 0 heterocycles. The Hall–Kier alpha value is -0.330. The molecule has 0 aromatic carbocycles. The lowest BCUT2D eigenvalue weighted by Gasteiger charge is -2.61. The molecule has 4 aliphatic rings. The van der Waals surface area contributed by atoms with Crippen molar-refractivity contribution in [2.75, 3.05) is 0 Å². The van der Waals surface area contributed by atoms with E-state index in [9.17, 15) is 4.79 Å². The maximum atomic E-state index is 11.5. The zero-order valence-corrected chi connectivity index (χ0v) is 17.9. The fraction of sp³-hybridized carbons (Fsp3) is 0.960. The lowest BCUT2D eigenvalue weighted by Crippen LogP contribution is -2.53. The van der Waals surface area contributed by atoms with Crippen molar-refractivity contribution in [3.63, 3.8) is 0 Å². The molecule has 8 atom stereocenters. The Balaban J connectivity index is 1.52. The van der Waals surface area contributed by atoms with Crippen LogP contribution >= 0.6 is 0 Å². The van der Waals surface area contributed by atoms with Crippen LogP contribution in [0.3, 0.4) is 0 Å². The summed E-state index contributed by atoms with van der Waals surface area (Å²) in [7, 11) is 0. The molecule has 4 rings (SSSR count). The zero-order chi connectivity index (χ0) is 18.5. The highest BCUT2D eigenvalue weighted by molar-refractivity contribution is 5.75. The average Bonchev–Trinajstić information content (AvgIpc) is 2.96. The quantitative estimate of drug-likeness (QED) is 0.526. The molecule has 4 saturated carbocycles. The van der Waals surface area contributed by atoms with E-state index >= 15 is 0 Å². The highest BCUT2D eigenvalue weighted by Crippen LogP contribution is 2.68. The van der Waals surface area contributed by atoms with Gasteiger partial charge in [-0.25, -0.2) is 0 Å². The monoisotopic (exact) mass is 358 g/mol. The van der Waals surface area contributed by atoms with Gasteiger partial charge in [-0.1, -0.05) is 33.6 Å². The summed E-state index contributed by atoms with van der Waals surface area (Å²) in [5.41, 5.74) is 1.23. The average molecular weight is 359 g/mol. The normalized spacial score (nSPS) is 49.0. The minimum absolute atomic E-state index is 0.379. The third-order valence-corrected chi connectivity index (χ3v) is 10.3. The second-order valence-corrected chi connectivity index (χ2v) is 11.3. The number of hydrogen-bond donors (Lipinski definition) is 0. The predicted octanol–water partition coefficient (Wildman–Crippen LogP) is 7.04. The van der Waals surface area contributed by atoms with Crippen LogP contribution in [0.15, 0.2) is 0 Å². The molecule has 0 spiro atoms. The van der Waals surface area contributed by atoms with Gasteiger partial charge in [0.05, 0.1) is 0 Å². The first-order valence-electron chi connectivity index (χ1n) is 11.9. The number of Topliss-reactive ketones (excluding diaryl/α,β-unsaturated/α-hetero) is 1. The van der Waals surface area contributed by atoms with Gasteiger partial charge in [-0.3, -0.25) is 0 Å². The van der Waals surface area contributed by atoms with Crippen molar-refractivity contribution in [2.45, 2.75) is 105 Å². The second-order valence-electron chi connectivity index (χ2n) is 11.3. The molecule has 26 heavy (non-hydrogen) atoms. The molecular formula is C25H42O. The molecule has 0 radical (unpaired) electrons. The van der Waals surface area contributed by atoms with Crippen molar-refractivity contribution in [2.24, 2.45) is 46.3 Å². The van der Waals surface area contributed by atoms with E-state index in [4.69, 9.17) is 0 Å². The van der Waals surface area contributed by atoms with Gasteiger partial charge in [0.1, 0.15) is 5.78 Å². The first-order chi connectivity index (χ1) is 12.4. The van der Waals surface area contributed by atoms with Crippen molar-refractivity contribution < 1.29 is 4.79 Å². The van der Waals surface area contributed by atoms with Gasteiger partial charge >= 0.3 is 0 Å². The fourth-order valence-corrected chi connectivity index (χ4v) is 8.90. The van der Waals surface area contributed by atoms with E-state index in [1.165, 1.54) is 64.2 Å². The molecule has 148 valence electrons. The first-order valence-corrected chi connectivity index (χ1v) is 11.9. The van der Waals surface area contributed by atoms with Crippen molar-refractivity contribution >= 4 is 5.78 Å². The molecule has 0 amide bonds. The van der Waals surface area contributed by atoms with E-state index in [1.54, 1.807) is 6.92 Å². The van der Waals surface area contributed by atoms with Crippen LogP contribution in [0, 0.1) is 46.3 Å². The zero-order valence-electron chi connectivity index (χ0n) is 17.9. The van der Waals surface area contributed by atoms with Crippen LogP contribution in [0.4, 0.5) is 0 Å². The number of fused-ring (bicyclic) bond motifs is 5. The van der Waals surface area contributed by atoms with Crippen LogP contribution in [0.25, 0.3) is 0 Å².